The van der Waals surface area contributed by atoms with Gasteiger partial charge in [-0.1, -0.05) is 6.92 Å². The van der Waals surface area contributed by atoms with E-state index in [4.69, 9.17) is 0 Å². The smallest absolute Gasteiger partial charge is 0.321 e. The molecule has 1 N–H and O–H groups in total. The van der Waals surface area contributed by atoms with Crippen LogP contribution in [-0.4, -0.2) is 31.6 Å². The zero-order valence-electron chi connectivity index (χ0n) is 18.6. The van der Waals surface area contributed by atoms with Crippen molar-refractivity contribution in [1.82, 2.24) is 19.9 Å². The van der Waals surface area contributed by atoms with Crippen molar-refractivity contribution >= 4 is 28.7 Å². The van der Waals surface area contributed by atoms with Crippen LogP contribution in [-0.2, 0) is 6.18 Å². The van der Waals surface area contributed by atoms with Crippen molar-refractivity contribution in [2.24, 2.45) is 0 Å². The molecule has 0 saturated heterocycles. The topological polar surface area (TPSA) is 97.7 Å². The Kier molecular flexibility index (Phi) is 7.15. The Bertz CT molecular complexity index is 1410. The zero-order valence-corrected chi connectivity index (χ0v) is 19.4. The highest BCUT2D eigenvalue weighted by molar-refractivity contribution is 7.13. The van der Waals surface area contributed by atoms with Crippen molar-refractivity contribution in [1.29, 1.82) is 0 Å². The summed E-state index contributed by atoms with van der Waals surface area (Å²) in [6.45, 7) is 1.76. The van der Waals surface area contributed by atoms with Crippen LogP contribution in [0.4, 0.5) is 23.2 Å². The molecule has 1 amide bonds. The summed E-state index contributed by atoms with van der Waals surface area (Å²) in [7, 11) is 0. The van der Waals surface area contributed by atoms with E-state index in [0.29, 0.717) is 22.8 Å². The highest BCUT2D eigenvalue weighted by atomic mass is 32.1. The van der Waals surface area contributed by atoms with E-state index < -0.39 is 23.5 Å². The van der Waals surface area contributed by atoms with Crippen LogP contribution in [0.3, 0.4) is 0 Å². The molecule has 0 bridgehead atoms. The summed E-state index contributed by atoms with van der Waals surface area (Å²) in [6.07, 6.45) is 0.983. The molecule has 0 aliphatic carbocycles. The highest BCUT2D eigenvalue weighted by Crippen LogP contribution is 2.33. The summed E-state index contributed by atoms with van der Waals surface area (Å²) in [4.78, 5) is 41.9. The molecule has 1 aromatic carbocycles. The number of carbonyl (C=O) groups excluding carboxylic acids is 2. The second kappa shape index (κ2) is 10.3. The van der Waals surface area contributed by atoms with Crippen LogP contribution in [0.2, 0.25) is 0 Å². The minimum absolute atomic E-state index is 0.0605. The maximum Gasteiger partial charge on any atom is 0.419 e. The molecular weight excluding hydrogens is 498 g/mol. The molecule has 3 heterocycles. The predicted molar refractivity (Wildman–Crippen MR) is 124 cm³/mol. The Morgan fingerprint density at radius 3 is 2.61 bits per heavy atom. The number of hydrogen-bond donors (Lipinski definition) is 1. The third-order valence-electron chi connectivity index (χ3n) is 5.10. The third-order valence-corrected chi connectivity index (χ3v) is 6.33. The lowest BCUT2D eigenvalue weighted by Gasteiger charge is -2.10. The lowest BCUT2D eigenvalue weighted by atomic mass is 10.0. The molecular formula is C24H17F4N5O2S. The fourth-order valence-electron chi connectivity index (χ4n) is 3.29. The van der Waals surface area contributed by atoms with Gasteiger partial charge in [-0.15, -0.1) is 11.3 Å². The average molecular weight is 515 g/mol. The number of halogens is 4. The van der Waals surface area contributed by atoms with Crippen molar-refractivity contribution < 1.29 is 27.2 Å². The van der Waals surface area contributed by atoms with Crippen LogP contribution in [0.25, 0.3) is 11.3 Å². The number of benzene rings is 1. The monoisotopic (exact) mass is 515 g/mol. The Balaban J connectivity index is 1.43. The fraction of sp³-hybridized carbons (Fsp3) is 0.167. The molecule has 0 fully saturated rings. The van der Waals surface area contributed by atoms with Gasteiger partial charge in [0.1, 0.15) is 22.7 Å². The average Bonchev–Trinajstić information content (AvgIpc) is 3.36. The summed E-state index contributed by atoms with van der Waals surface area (Å²) in [5.74, 6) is -2.74. The van der Waals surface area contributed by atoms with Crippen LogP contribution in [0.1, 0.15) is 50.0 Å². The number of alkyl halides is 3. The number of thiazole rings is 1. The van der Waals surface area contributed by atoms with Crippen molar-refractivity contribution in [2.75, 3.05) is 5.32 Å². The van der Waals surface area contributed by atoms with Crippen molar-refractivity contribution in [3.8, 4) is 11.3 Å². The maximum absolute atomic E-state index is 13.5. The first kappa shape index (κ1) is 25.0. The lowest BCUT2D eigenvalue weighted by molar-refractivity contribution is -0.139. The fourth-order valence-corrected chi connectivity index (χ4v) is 4.15. The number of nitrogens with one attached hydrogen (secondary N) is 1. The molecule has 0 radical (unpaired) electrons. The van der Waals surface area contributed by atoms with Gasteiger partial charge < -0.3 is 5.32 Å². The van der Waals surface area contributed by atoms with Gasteiger partial charge >= 0.3 is 6.18 Å². The van der Waals surface area contributed by atoms with Gasteiger partial charge in [0.2, 0.25) is 0 Å². The third kappa shape index (κ3) is 5.77. The van der Waals surface area contributed by atoms with Gasteiger partial charge in [-0.05, 0) is 36.4 Å². The molecule has 12 heteroatoms. The van der Waals surface area contributed by atoms with Gasteiger partial charge in [-0.3, -0.25) is 14.6 Å². The summed E-state index contributed by atoms with van der Waals surface area (Å²) in [5, 5.41) is 2.81. The molecule has 36 heavy (non-hydrogen) atoms. The van der Waals surface area contributed by atoms with E-state index in [-0.39, 0.29) is 34.4 Å². The number of aromatic nitrogens is 4. The minimum atomic E-state index is -4.90. The van der Waals surface area contributed by atoms with Crippen LogP contribution in [0.5, 0.6) is 0 Å². The Labute approximate surface area is 206 Å². The number of Topliss-reactive ketones (excluding diaryl/α,β-unsaturated/α-hetero) is 1. The Morgan fingerprint density at radius 1 is 1.08 bits per heavy atom. The van der Waals surface area contributed by atoms with Crippen LogP contribution >= 0.6 is 11.3 Å². The number of amides is 1. The molecule has 4 rings (SSSR count). The largest absolute Gasteiger partial charge is 0.419 e. The molecule has 184 valence electrons. The highest BCUT2D eigenvalue weighted by Gasteiger charge is 2.34. The second-order valence-electron chi connectivity index (χ2n) is 7.77. The van der Waals surface area contributed by atoms with Gasteiger partial charge in [-0.2, -0.15) is 13.2 Å². The zero-order chi connectivity index (χ0) is 25.9. The summed E-state index contributed by atoms with van der Waals surface area (Å²) in [5.41, 5.74) is -0.172. The van der Waals surface area contributed by atoms with Gasteiger partial charge in [0, 0.05) is 36.0 Å². The quantitative estimate of drug-likeness (QED) is 0.248. The Morgan fingerprint density at radius 2 is 1.89 bits per heavy atom. The van der Waals surface area contributed by atoms with E-state index in [9.17, 15) is 27.2 Å². The molecule has 1 unspecified atom stereocenters. The van der Waals surface area contributed by atoms with Crippen LogP contribution in [0.15, 0.2) is 61.3 Å². The number of carbonyl (C=O) groups is 2. The van der Waals surface area contributed by atoms with Crippen molar-refractivity contribution in [2.45, 2.75) is 25.4 Å². The molecule has 7 nitrogen and oxygen atoms in total. The Hall–Kier alpha value is -4.06. The SMILES string of the molecule is CC(CC(=O)c1cc(-c2cccnc2)ncn1)c1ncc(C(=O)Nc2ccc(F)c(C(F)(F)F)c2)s1. The number of anilines is 1. The van der Waals surface area contributed by atoms with Gasteiger partial charge in [0.25, 0.3) is 5.91 Å². The molecule has 0 spiro atoms. The van der Waals surface area contributed by atoms with Crippen LogP contribution in [0, 0.1) is 5.82 Å². The molecule has 0 saturated carbocycles. The van der Waals surface area contributed by atoms with Gasteiger partial charge in [0.05, 0.1) is 22.5 Å². The van der Waals surface area contributed by atoms with Crippen molar-refractivity contribution in [3.05, 3.63) is 88.3 Å². The number of ketones is 1. The number of pyridine rings is 1. The van der Waals surface area contributed by atoms with E-state index in [1.54, 1.807) is 31.5 Å². The molecule has 3 aromatic heterocycles. The number of hydrogen-bond acceptors (Lipinski definition) is 7. The molecule has 1 atom stereocenters. The molecule has 0 aliphatic heterocycles. The van der Waals surface area contributed by atoms with E-state index in [1.807, 2.05) is 6.07 Å². The predicted octanol–water partition coefficient (Wildman–Crippen LogP) is 5.78. The summed E-state index contributed by atoms with van der Waals surface area (Å²) >= 11 is 1.01. The van der Waals surface area contributed by atoms with E-state index in [2.05, 4.69) is 25.3 Å². The minimum Gasteiger partial charge on any atom is -0.321 e. The van der Waals surface area contributed by atoms with Crippen molar-refractivity contribution in [3.63, 3.8) is 0 Å². The van der Waals surface area contributed by atoms with E-state index in [0.717, 1.165) is 23.0 Å². The number of rotatable bonds is 7. The van der Waals surface area contributed by atoms with Crippen LogP contribution < -0.4 is 5.32 Å². The summed E-state index contributed by atoms with van der Waals surface area (Å²) in [6, 6.07) is 7.33. The van der Waals surface area contributed by atoms with E-state index >= 15 is 0 Å². The maximum atomic E-state index is 13.5. The van der Waals surface area contributed by atoms with E-state index in [1.165, 1.54) is 12.5 Å². The van der Waals surface area contributed by atoms with Gasteiger partial charge in [0.15, 0.2) is 5.78 Å². The normalized spacial score (nSPS) is 12.2. The molecule has 0 aliphatic rings. The number of nitrogens with zero attached hydrogens (tertiary/aromatic N) is 4. The first-order chi connectivity index (χ1) is 17.1. The summed E-state index contributed by atoms with van der Waals surface area (Å²) < 4.78 is 52.2. The first-order valence-corrected chi connectivity index (χ1v) is 11.3. The lowest BCUT2D eigenvalue weighted by Crippen LogP contribution is -2.13. The van der Waals surface area contributed by atoms with Gasteiger partial charge in [-0.25, -0.2) is 19.3 Å². The standard InChI is InChI=1S/C24H17F4N5O2S/c1-13(7-20(34)19-9-18(31-12-32-19)14-3-2-6-29-10-14)23-30-11-21(36-23)22(35)33-15-4-5-17(25)16(8-15)24(26,27)28/h2-6,8-13H,7H2,1H3,(H,33,35). The second-order valence-corrected chi connectivity index (χ2v) is 8.83. The molecule has 4 aromatic rings. The first-order valence-electron chi connectivity index (χ1n) is 10.5.